The second-order valence-electron chi connectivity index (χ2n) is 4.08. The summed E-state index contributed by atoms with van der Waals surface area (Å²) in [4.78, 5) is 0. The molecule has 0 saturated heterocycles. The molecule has 2 N–H and O–H groups in total. The quantitative estimate of drug-likeness (QED) is 0.680. The molecule has 18 heavy (non-hydrogen) atoms. The molecule has 0 heterocycles. The van der Waals surface area contributed by atoms with Crippen molar-refractivity contribution in [1.82, 2.24) is 0 Å². The van der Waals surface area contributed by atoms with Crippen LogP contribution in [0.15, 0.2) is 18.2 Å². The SMILES string of the molecule is Cc1cccc(C)c1OCCOCCOCCN. The van der Waals surface area contributed by atoms with Crippen molar-refractivity contribution in [2.45, 2.75) is 13.8 Å². The van der Waals surface area contributed by atoms with Gasteiger partial charge in [-0.2, -0.15) is 0 Å². The van der Waals surface area contributed by atoms with E-state index < -0.39 is 0 Å². The zero-order chi connectivity index (χ0) is 13.2. The highest BCUT2D eigenvalue weighted by Crippen LogP contribution is 2.21. The van der Waals surface area contributed by atoms with Crippen LogP contribution in [0.4, 0.5) is 0 Å². The molecule has 0 unspecified atom stereocenters. The fraction of sp³-hybridized carbons (Fsp3) is 0.571. The van der Waals surface area contributed by atoms with E-state index in [2.05, 4.69) is 0 Å². The molecule has 1 rings (SSSR count). The second kappa shape index (κ2) is 8.91. The van der Waals surface area contributed by atoms with Crippen molar-refractivity contribution < 1.29 is 14.2 Å². The van der Waals surface area contributed by atoms with Crippen molar-refractivity contribution in [1.29, 1.82) is 0 Å². The van der Waals surface area contributed by atoms with Gasteiger partial charge in [-0.1, -0.05) is 18.2 Å². The topological polar surface area (TPSA) is 53.7 Å². The van der Waals surface area contributed by atoms with Crippen LogP contribution in [0.25, 0.3) is 0 Å². The third kappa shape index (κ3) is 5.49. The van der Waals surface area contributed by atoms with Crippen LogP contribution in [-0.4, -0.2) is 39.6 Å². The molecule has 0 aliphatic rings. The predicted octanol–water partition coefficient (Wildman–Crippen LogP) is 1.67. The van der Waals surface area contributed by atoms with Crippen molar-refractivity contribution in [2.24, 2.45) is 5.73 Å². The molecule has 0 saturated carbocycles. The van der Waals surface area contributed by atoms with Gasteiger partial charge in [0.15, 0.2) is 0 Å². The Morgan fingerprint density at radius 3 is 2.06 bits per heavy atom. The lowest BCUT2D eigenvalue weighted by Crippen LogP contribution is -2.14. The molecule has 0 radical (unpaired) electrons. The van der Waals surface area contributed by atoms with Crippen molar-refractivity contribution in [2.75, 3.05) is 39.6 Å². The Morgan fingerprint density at radius 1 is 0.889 bits per heavy atom. The van der Waals surface area contributed by atoms with E-state index in [1.165, 1.54) is 0 Å². The molecule has 1 aromatic rings. The number of rotatable bonds is 9. The van der Waals surface area contributed by atoms with E-state index in [0.717, 1.165) is 16.9 Å². The van der Waals surface area contributed by atoms with Crippen LogP contribution in [-0.2, 0) is 9.47 Å². The molecular weight excluding hydrogens is 230 g/mol. The van der Waals surface area contributed by atoms with Gasteiger partial charge in [0.05, 0.1) is 26.4 Å². The zero-order valence-corrected chi connectivity index (χ0v) is 11.3. The van der Waals surface area contributed by atoms with Crippen molar-refractivity contribution in [3.63, 3.8) is 0 Å². The third-order valence-electron chi connectivity index (χ3n) is 2.52. The summed E-state index contributed by atoms with van der Waals surface area (Å²) in [6.07, 6.45) is 0. The summed E-state index contributed by atoms with van der Waals surface area (Å²) >= 11 is 0. The first-order valence-electron chi connectivity index (χ1n) is 6.30. The maximum atomic E-state index is 5.71. The van der Waals surface area contributed by atoms with Gasteiger partial charge in [0.2, 0.25) is 0 Å². The van der Waals surface area contributed by atoms with Gasteiger partial charge in [0, 0.05) is 6.54 Å². The lowest BCUT2D eigenvalue weighted by Gasteiger charge is -2.12. The normalized spacial score (nSPS) is 10.6. The molecule has 0 spiro atoms. The van der Waals surface area contributed by atoms with Gasteiger partial charge < -0.3 is 19.9 Å². The molecule has 0 amide bonds. The fourth-order valence-corrected chi connectivity index (χ4v) is 1.63. The van der Waals surface area contributed by atoms with E-state index in [4.69, 9.17) is 19.9 Å². The van der Waals surface area contributed by atoms with Gasteiger partial charge in [-0.25, -0.2) is 0 Å². The molecule has 0 aliphatic carbocycles. The maximum Gasteiger partial charge on any atom is 0.125 e. The third-order valence-corrected chi connectivity index (χ3v) is 2.52. The molecule has 4 nitrogen and oxygen atoms in total. The number of nitrogens with two attached hydrogens (primary N) is 1. The molecule has 0 fully saturated rings. The minimum absolute atomic E-state index is 0.551. The monoisotopic (exact) mass is 253 g/mol. The van der Waals surface area contributed by atoms with E-state index in [0.29, 0.717) is 39.6 Å². The summed E-state index contributed by atoms with van der Waals surface area (Å²) in [6.45, 7) is 7.52. The number of ether oxygens (including phenoxy) is 3. The van der Waals surface area contributed by atoms with Gasteiger partial charge in [-0.05, 0) is 25.0 Å². The Kier molecular flexibility index (Phi) is 7.41. The van der Waals surface area contributed by atoms with Gasteiger partial charge in [0.25, 0.3) is 0 Å². The van der Waals surface area contributed by atoms with Crippen LogP contribution in [0.2, 0.25) is 0 Å². The summed E-state index contributed by atoms with van der Waals surface area (Å²) in [5.74, 6) is 0.959. The first kappa shape index (κ1) is 15.0. The lowest BCUT2D eigenvalue weighted by molar-refractivity contribution is 0.0386. The molecular formula is C14H23NO3. The molecule has 0 aromatic heterocycles. The van der Waals surface area contributed by atoms with Crippen LogP contribution >= 0.6 is 0 Å². The average Bonchev–Trinajstić information content (AvgIpc) is 2.35. The smallest absolute Gasteiger partial charge is 0.125 e. The first-order chi connectivity index (χ1) is 8.75. The average molecular weight is 253 g/mol. The van der Waals surface area contributed by atoms with E-state index in [1.807, 2.05) is 32.0 Å². The summed E-state index contributed by atoms with van der Waals surface area (Å²) in [7, 11) is 0. The molecule has 4 heteroatoms. The van der Waals surface area contributed by atoms with Crippen molar-refractivity contribution in [3.8, 4) is 5.75 Å². The number of aryl methyl sites for hydroxylation is 2. The zero-order valence-electron chi connectivity index (χ0n) is 11.3. The second-order valence-corrected chi connectivity index (χ2v) is 4.08. The van der Waals surface area contributed by atoms with Gasteiger partial charge in [0.1, 0.15) is 12.4 Å². The number of para-hydroxylation sites is 1. The molecule has 0 bridgehead atoms. The van der Waals surface area contributed by atoms with Crippen molar-refractivity contribution in [3.05, 3.63) is 29.3 Å². The first-order valence-corrected chi connectivity index (χ1v) is 6.30. The Bertz CT molecular complexity index is 322. The fourth-order valence-electron chi connectivity index (χ4n) is 1.63. The highest BCUT2D eigenvalue weighted by Gasteiger charge is 2.02. The minimum Gasteiger partial charge on any atom is -0.491 e. The standard InChI is InChI=1S/C14H23NO3/c1-12-4-3-5-13(2)14(12)18-11-10-17-9-8-16-7-6-15/h3-5H,6-11,15H2,1-2H3. The summed E-state index contributed by atoms with van der Waals surface area (Å²) < 4.78 is 16.3. The van der Waals surface area contributed by atoms with E-state index >= 15 is 0 Å². The molecule has 0 aliphatic heterocycles. The van der Waals surface area contributed by atoms with Gasteiger partial charge in [-0.15, -0.1) is 0 Å². The highest BCUT2D eigenvalue weighted by molar-refractivity contribution is 5.39. The van der Waals surface area contributed by atoms with Crippen LogP contribution in [0, 0.1) is 13.8 Å². The van der Waals surface area contributed by atoms with E-state index in [-0.39, 0.29) is 0 Å². The lowest BCUT2D eigenvalue weighted by atomic mass is 10.1. The van der Waals surface area contributed by atoms with Crippen LogP contribution in [0.1, 0.15) is 11.1 Å². The Labute approximate surface area is 109 Å². The van der Waals surface area contributed by atoms with Gasteiger partial charge in [-0.3, -0.25) is 0 Å². The van der Waals surface area contributed by atoms with E-state index in [9.17, 15) is 0 Å². The Balaban J connectivity index is 2.11. The molecule has 1 aromatic carbocycles. The van der Waals surface area contributed by atoms with Gasteiger partial charge >= 0.3 is 0 Å². The minimum atomic E-state index is 0.551. The number of benzene rings is 1. The molecule has 0 atom stereocenters. The van der Waals surface area contributed by atoms with Crippen molar-refractivity contribution >= 4 is 0 Å². The van der Waals surface area contributed by atoms with Crippen LogP contribution < -0.4 is 10.5 Å². The van der Waals surface area contributed by atoms with Crippen LogP contribution in [0.3, 0.4) is 0 Å². The Morgan fingerprint density at radius 2 is 1.44 bits per heavy atom. The summed E-state index contributed by atoms with van der Waals surface area (Å²) in [5.41, 5.74) is 7.61. The Hall–Kier alpha value is -1.10. The predicted molar refractivity (Wildman–Crippen MR) is 72.1 cm³/mol. The number of hydrogen-bond donors (Lipinski definition) is 1. The summed E-state index contributed by atoms with van der Waals surface area (Å²) in [5, 5.41) is 0. The highest BCUT2D eigenvalue weighted by atomic mass is 16.5. The molecule has 102 valence electrons. The number of hydrogen-bond acceptors (Lipinski definition) is 4. The summed E-state index contributed by atoms with van der Waals surface area (Å²) in [6, 6.07) is 6.12. The largest absolute Gasteiger partial charge is 0.491 e. The van der Waals surface area contributed by atoms with E-state index in [1.54, 1.807) is 0 Å². The maximum absolute atomic E-state index is 5.71. The van der Waals surface area contributed by atoms with Crippen LogP contribution in [0.5, 0.6) is 5.75 Å².